The molecule has 134 valence electrons. The fourth-order valence-corrected chi connectivity index (χ4v) is 2.23. The van der Waals surface area contributed by atoms with Gasteiger partial charge in [-0.1, -0.05) is 13.8 Å². The van der Waals surface area contributed by atoms with Gasteiger partial charge >= 0.3 is 0 Å². The topological polar surface area (TPSA) is 154 Å². The minimum atomic E-state index is -0.730. The van der Waals surface area contributed by atoms with Crippen molar-refractivity contribution in [3.63, 3.8) is 0 Å². The molecule has 0 aliphatic rings. The van der Waals surface area contributed by atoms with E-state index < -0.39 is 17.9 Å². The van der Waals surface area contributed by atoms with Gasteiger partial charge in [0.25, 0.3) is 5.91 Å². The lowest BCUT2D eigenvalue weighted by Gasteiger charge is -2.18. The van der Waals surface area contributed by atoms with Crippen molar-refractivity contribution in [1.29, 1.82) is 0 Å². The Morgan fingerprint density at radius 3 is 2.52 bits per heavy atom. The molecule has 1 atom stereocenters. The van der Waals surface area contributed by atoms with Crippen LogP contribution in [0.5, 0.6) is 0 Å². The molecule has 0 fully saturated rings. The van der Waals surface area contributed by atoms with Gasteiger partial charge < -0.3 is 22.1 Å². The van der Waals surface area contributed by atoms with Crippen molar-refractivity contribution in [2.24, 2.45) is 24.4 Å². The van der Waals surface area contributed by atoms with Crippen molar-refractivity contribution in [2.75, 3.05) is 10.6 Å². The van der Waals surface area contributed by atoms with Crippen molar-refractivity contribution in [2.45, 2.75) is 26.3 Å². The number of nitrogens with one attached hydrogen (secondary N) is 2. The van der Waals surface area contributed by atoms with E-state index >= 15 is 0 Å². The molecule has 2 aromatic heterocycles. The first-order valence-electron chi connectivity index (χ1n) is 7.75. The molecular formula is C15H22N8O2. The molecule has 0 aliphatic heterocycles. The Hall–Kier alpha value is -3.17. The number of hydrogen-bond donors (Lipinski definition) is 4. The summed E-state index contributed by atoms with van der Waals surface area (Å²) >= 11 is 0. The molecule has 0 spiro atoms. The number of carbonyl (C=O) groups excluding carboxylic acids is 2. The summed E-state index contributed by atoms with van der Waals surface area (Å²) in [6, 6.07) is 1.11. The first kappa shape index (κ1) is 18.2. The zero-order valence-corrected chi connectivity index (χ0v) is 14.4. The molecule has 0 saturated heterocycles. The molecule has 10 heteroatoms. The number of aryl methyl sites for hydroxylation is 1. The first-order chi connectivity index (χ1) is 11.8. The summed E-state index contributed by atoms with van der Waals surface area (Å²) in [7, 11) is 1.76. The zero-order valence-electron chi connectivity index (χ0n) is 14.4. The number of rotatable bonds is 8. The van der Waals surface area contributed by atoms with Crippen LogP contribution in [0.4, 0.5) is 17.5 Å². The molecule has 10 nitrogen and oxygen atoms in total. The highest BCUT2D eigenvalue weighted by atomic mass is 16.1. The minimum absolute atomic E-state index is 0.0318. The first-order valence-corrected chi connectivity index (χ1v) is 7.75. The average Bonchev–Trinajstić information content (AvgIpc) is 2.91. The zero-order chi connectivity index (χ0) is 18.6. The predicted molar refractivity (Wildman–Crippen MR) is 93.1 cm³/mol. The van der Waals surface area contributed by atoms with E-state index in [1.807, 2.05) is 13.8 Å². The molecule has 2 aromatic rings. The van der Waals surface area contributed by atoms with Crippen LogP contribution < -0.4 is 22.1 Å². The fraction of sp³-hybridized carbons (Fsp3) is 0.400. The van der Waals surface area contributed by atoms with Gasteiger partial charge in [0.05, 0.1) is 6.20 Å². The largest absolute Gasteiger partial charge is 0.368 e. The lowest BCUT2D eigenvalue weighted by molar-refractivity contribution is -0.119. The van der Waals surface area contributed by atoms with Crippen molar-refractivity contribution < 1.29 is 9.59 Å². The number of aromatic nitrogens is 4. The highest BCUT2D eigenvalue weighted by Gasteiger charge is 2.19. The number of primary amides is 2. The summed E-state index contributed by atoms with van der Waals surface area (Å²) in [5.74, 6) is -0.0456. The third-order valence-corrected chi connectivity index (χ3v) is 3.34. The van der Waals surface area contributed by atoms with Gasteiger partial charge in [0.15, 0.2) is 17.3 Å². The van der Waals surface area contributed by atoms with Crippen LogP contribution in [0.3, 0.4) is 0 Å². The molecular weight excluding hydrogens is 324 g/mol. The summed E-state index contributed by atoms with van der Waals surface area (Å²) in [4.78, 5) is 31.5. The Labute approximate surface area is 145 Å². The summed E-state index contributed by atoms with van der Waals surface area (Å²) in [5.41, 5.74) is 10.7. The Bertz CT molecular complexity index is 771. The van der Waals surface area contributed by atoms with Crippen LogP contribution in [-0.4, -0.2) is 37.6 Å². The van der Waals surface area contributed by atoms with E-state index in [0.29, 0.717) is 18.1 Å². The third-order valence-electron chi connectivity index (χ3n) is 3.34. The van der Waals surface area contributed by atoms with Gasteiger partial charge in [0.2, 0.25) is 5.91 Å². The van der Waals surface area contributed by atoms with E-state index in [0.717, 1.165) is 0 Å². The predicted octanol–water partition coefficient (Wildman–Crippen LogP) is 0.365. The number of carbonyl (C=O) groups is 2. The van der Waals surface area contributed by atoms with E-state index in [9.17, 15) is 9.59 Å². The van der Waals surface area contributed by atoms with Gasteiger partial charge in [-0.3, -0.25) is 14.3 Å². The van der Waals surface area contributed by atoms with Crippen molar-refractivity contribution in [3.05, 3.63) is 24.2 Å². The third kappa shape index (κ3) is 4.90. The number of hydrogen-bond acceptors (Lipinski definition) is 7. The number of anilines is 3. The maximum absolute atomic E-state index is 11.6. The second-order valence-electron chi connectivity index (χ2n) is 6.05. The Balaban J connectivity index is 2.29. The maximum Gasteiger partial charge on any atom is 0.271 e. The average molecular weight is 346 g/mol. The molecule has 1 unspecified atom stereocenters. The highest BCUT2D eigenvalue weighted by Crippen LogP contribution is 2.19. The quantitative estimate of drug-likeness (QED) is 0.538. The number of nitrogens with zero attached hydrogens (tertiary/aromatic N) is 4. The highest BCUT2D eigenvalue weighted by molar-refractivity contribution is 5.96. The van der Waals surface area contributed by atoms with Crippen LogP contribution in [0, 0.1) is 5.92 Å². The van der Waals surface area contributed by atoms with Gasteiger partial charge in [-0.05, 0) is 12.3 Å². The van der Waals surface area contributed by atoms with Crippen LogP contribution in [0.2, 0.25) is 0 Å². The van der Waals surface area contributed by atoms with Crippen LogP contribution in [0.15, 0.2) is 18.5 Å². The molecule has 0 saturated carbocycles. The molecule has 25 heavy (non-hydrogen) atoms. The monoisotopic (exact) mass is 346 g/mol. The molecule has 0 bridgehead atoms. The normalized spacial score (nSPS) is 12.0. The molecule has 2 amide bonds. The molecule has 0 aromatic carbocycles. The fourth-order valence-electron chi connectivity index (χ4n) is 2.23. The van der Waals surface area contributed by atoms with E-state index in [4.69, 9.17) is 11.5 Å². The smallest absolute Gasteiger partial charge is 0.271 e. The number of amides is 2. The SMILES string of the molecule is CC(C)CC(Nc1cnc(C(N)=O)c(Nc2ccn(C)n2)n1)C(N)=O. The van der Waals surface area contributed by atoms with E-state index in [-0.39, 0.29) is 17.4 Å². The van der Waals surface area contributed by atoms with Gasteiger partial charge in [-0.15, -0.1) is 0 Å². The van der Waals surface area contributed by atoms with Crippen LogP contribution in [0.1, 0.15) is 30.8 Å². The van der Waals surface area contributed by atoms with Gasteiger partial charge in [-0.2, -0.15) is 5.10 Å². The molecule has 2 rings (SSSR count). The summed E-state index contributed by atoms with van der Waals surface area (Å²) in [5, 5.41) is 9.99. The van der Waals surface area contributed by atoms with Crippen LogP contribution in [-0.2, 0) is 11.8 Å². The Morgan fingerprint density at radius 2 is 2.00 bits per heavy atom. The summed E-state index contributed by atoms with van der Waals surface area (Å²) < 4.78 is 1.59. The molecule has 2 heterocycles. The van der Waals surface area contributed by atoms with E-state index in [2.05, 4.69) is 25.7 Å². The van der Waals surface area contributed by atoms with Crippen LogP contribution >= 0.6 is 0 Å². The second-order valence-corrected chi connectivity index (χ2v) is 6.05. The van der Waals surface area contributed by atoms with Crippen molar-refractivity contribution in [1.82, 2.24) is 19.7 Å². The molecule has 0 radical (unpaired) electrons. The number of nitrogens with two attached hydrogens (primary N) is 2. The standard InChI is InChI=1S/C15H22N8O2/c1-8(2)6-9(13(16)24)19-11-7-18-12(14(17)25)15(21-11)20-10-4-5-23(3)22-10/h4-5,7-9H,6H2,1-3H3,(H2,16,24)(H2,17,25)(H2,19,20,21,22). The summed E-state index contributed by atoms with van der Waals surface area (Å²) in [6.45, 7) is 3.96. The second kappa shape index (κ2) is 7.60. The Morgan fingerprint density at radius 1 is 1.28 bits per heavy atom. The van der Waals surface area contributed by atoms with Crippen molar-refractivity contribution >= 4 is 29.3 Å². The lowest BCUT2D eigenvalue weighted by Crippen LogP contribution is -2.37. The molecule has 6 N–H and O–H groups in total. The Kier molecular flexibility index (Phi) is 5.52. The van der Waals surface area contributed by atoms with Crippen LogP contribution in [0.25, 0.3) is 0 Å². The van der Waals surface area contributed by atoms with E-state index in [1.54, 1.807) is 24.0 Å². The maximum atomic E-state index is 11.6. The minimum Gasteiger partial charge on any atom is -0.368 e. The molecule has 0 aliphatic carbocycles. The van der Waals surface area contributed by atoms with Gasteiger partial charge in [-0.25, -0.2) is 9.97 Å². The summed E-state index contributed by atoms with van der Waals surface area (Å²) in [6.07, 6.45) is 3.60. The van der Waals surface area contributed by atoms with Gasteiger partial charge in [0, 0.05) is 19.3 Å². The van der Waals surface area contributed by atoms with Gasteiger partial charge in [0.1, 0.15) is 11.9 Å². The lowest BCUT2D eigenvalue weighted by atomic mass is 10.0. The van der Waals surface area contributed by atoms with E-state index in [1.165, 1.54) is 6.20 Å². The van der Waals surface area contributed by atoms with Crippen molar-refractivity contribution in [3.8, 4) is 0 Å².